The molecule has 228 valence electrons. The Kier molecular flexibility index (Phi) is 8.98. The van der Waals surface area contributed by atoms with E-state index < -0.39 is 9.84 Å². The van der Waals surface area contributed by atoms with Crippen LogP contribution in [0.5, 0.6) is 5.75 Å². The Balaban J connectivity index is 1.44. The Bertz CT molecular complexity index is 1540. The lowest BCUT2D eigenvalue weighted by Crippen LogP contribution is -2.41. The molecule has 0 amide bonds. The topological polar surface area (TPSA) is 123 Å². The Morgan fingerprint density at radius 1 is 1.14 bits per heavy atom. The average Bonchev–Trinajstić information content (AvgIpc) is 3.65. The Morgan fingerprint density at radius 3 is 2.60 bits per heavy atom. The monoisotopic (exact) mass is 617 g/mol. The van der Waals surface area contributed by atoms with Crippen LogP contribution < -0.4 is 15.4 Å². The highest BCUT2D eigenvalue weighted by atomic mass is 35.5. The number of hydrogen-bond donors (Lipinski definition) is 2. The molecule has 1 aliphatic heterocycles. The van der Waals surface area contributed by atoms with E-state index in [-0.39, 0.29) is 45.7 Å². The molecule has 2 unspecified atom stereocenters. The van der Waals surface area contributed by atoms with E-state index in [1.807, 2.05) is 13.8 Å². The molecule has 2 aliphatic rings. The fourth-order valence-electron chi connectivity index (χ4n) is 5.39. The molecular weight excluding hydrogens is 578 g/mol. The second kappa shape index (κ2) is 12.4. The zero-order valence-electron chi connectivity index (χ0n) is 25.0. The molecule has 42 heavy (non-hydrogen) atoms. The molecule has 1 aromatic carbocycles. The summed E-state index contributed by atoms with van der Waals surface area (Å²) in [6, 6.07) is 4.20. The fourth-order valence-corrected chi connectivity index (χ4v) is 7.26. The lowest BCUT2D eigenvalue weighted by Gasteiger charge is -2.37. The summed E-state index contributed by atoms with van der Waals surface area (Å²) >= 11 is 6.45. The number of aromatic nitrogens is 4. The van der Waals surface area contributed by atoms with E-state index in [1.54, 1.807) is 20.4 Å². The lowest BCUT2D eigenvalue weighted by atomic mass is 9.84. The number of rotatable bonds is 11. The predicted octanol–water partition coefficient (Wildman–Crippen LogP) is 5.06. The van der Waals surface area contributed by atoms with Gasteiger partial charge in [-0.1, -0.05) is 25.4 Å². The largest absolute Gasteiger partial charge is 0.488 e. The van der Waals surface area contributed by atoms with Crippen LogP contribution in [0.2, 0.25) is 5.02 Å². The highest BCUT2D eigenvalue weighted by Gasteiger charge is 2.32. The number of nitrogens with zero attached hydrogens (tertiary/aromatic N) is 5. The molecular formula is C29H40ClN7O4S. The summed E-state index contributed by atoms with van der Waals surface area (Å²) in [6.07, 6.45) is 6.42. The van der Waals surface area contributed by atoms with Crippen molar-refractivity contribution in [3.8, 4) is 5.75 Å². The van der Waals surface area contributed by atoms with Crippen molar-refractivity contribution >= 4 is 44.6 Å². The molecule has 2 atom stereocenters. The van der Waals surface area contributed by atoms with Crippen molar-refractivity contribution in [1.29, 1.82) is 0 Å². The first-order valence-corrected chi connectivity index (χ1v) is 16.3. The second-order valence-corrected chi connectivity index (χ2v) is 14.1. The van der Waals surface area contributed by atoms with E-state index in [0.717, 1.165) is 49.4 Å². The minimum Gasteiger partial charge on any atom is -0.488 e. The van der Waals surface area contributed by atoms with Gasteiger partial charge >= 0.3 is 0 Å². The summed E-state index contributed by atoms with van der Waals surface area (Å²) < 4.78 is 39.7. The van der Waals surface area contributed by atoms with Gasteiger partial charge in [-0.2, -0.15) is 10.1 Å². The number of likely N-dealkylation sites (tertiary alicyclic amines) is 1. The van der Waals surface area contributed by atoms with Crippen LogP contribution in [0, 0.1) is 12.8 Å². The van der Waals surface area contributed by atoms with Gasteiger partial charge < -0.3 is 25.0 Å². The first-order chi connectivity index (χ1) is 19.9. The molecule has 0 bridgehead atoms. The smallest absolute Gasteiger partial charge is 0.229 e. The summed E-state index contributed by atoms with van der Waals surface area (Å²) in [6.45, 7) is 7.70. The van der Waals surface area contributed by atoms with Crippen molar-refractivity contribution in [1.82, 2.24) is 24.6 Å². The molecule has 1 aliphatic carbocycles. The number of likely N-dealkylation sites (N-methyl/N-ethyl adjacent to an activating group) is 1. The highest BCUT2D eigenvalue weighted by molar-refractivity contribution is 7.91. The maximum Gasteiger partial charge on any atom is 0.229 e. The summed E-state index contributed by atoms with van der Waals surface area (Å²) in [5.74, 6) is 1.49. The Hall–Kier alpha value is -2.93. The first-order valence-electron chi connectivity index (χ1n) is 14.3. The van der Waals surface area contributed by atoms with E-state index in [4.69, 9.17) is 21.1 Å². The van der Waals surface area contributed by atoms with Gasteiger partial charge in [-0.05, 0) is 69.0 Å². The zero-order chi connectivity index (χ0) is 30.2. The molecule has 13 heteroatoms. The quantitative estimate of drug-likeness (QED) is 0.302. The number of aryl methyl sites for hydroxylation is 2. The van der Waals surface area contributed by atoms with Crippen molar-refractivity contribution < 1.29 is 17.9 Å². The molecule has 3 heterocycles. The number of piperidine rings is 1. The van der Waals surface area contributed by atoms with Gasteiger partial charge in [0, 0.05) is 32.8 Å². The summed E-state index contributed by atoms with van der Waals surface area (Å²) in [5.41, 5.74) is 3.40. The number of sulfone groups is 1. The molecule has 2 fully saturated rings. The van der Waals surface area contributed by atoms with Gasteiger partial charge in [0.25, 0.3) is 0 Å². The minimum atomic E-state index is -3.62. The van der Waals surface area contributed by atoms with Crippen LogP contribution in [0.25, 0.3) is 0 Å². The van der Waals surface area contributed by atoms with Gasteiger partial charge in [-0.15, -0.1) is 0 Å². The van der Waals surface area contributed by atoms with Gasteiger partial charge in [0.15, 0.2) is 15.7 Å². The van der Waals surface area contributed by atoms with Crippen LogP contribution in [0.1, 0.15) is 50.2 Å². The van der Waals surface area contributed by atoms with Crippen LogP contribution in [0.15, 0.2) is 29.6 Å². The number of hydrogen-bond acceptors (Lipinski definition) is 10. The van der Waals surface area contributed by atoms with Crippen LogP contribution in [0.4, 0.5) is 23.1 Å². The van der Waals surface area contributed by atoms with Gasteiger partial charge in [-0.3, -0.25) is 4.68 Å². The standard InChI is InChI=1S/C29H40ClN7O4S/c1-17(2)16-42(38,39)28-24(14-37(5)35-28)32-27-22(30)13-31-29(34-27)33-23-11-18(3)21(12-25(23)41-19-7-8-19)20-9-10-36(4)15-26(20)40-6/h11-14,17,19-20,26H,7-10,15-16H2,1-6H3,(H2,31,32,33,34). The average molecular weight is 618 g/mol. The van der Waals surface area contributed by atoms with Gasteiger partial charge in [0.05, 0.1) is 35.5 Å². The van der Waals surface area contributed by atoms with Crippen molar-refractivity contribution in [3.63, 3.8) is 0 Å². The molecule has 1 saturated carbocycles. The van der Waals surface area contributed by atoms with Crippen molar-refractivity contribution in [3.05, 3.63) is 40.7 Å². The zero-order valence-corrected chi connectivity index (χ0v) is 26.6. The van der Waals surface area contributed by atoms with Crippen LogP contribution in [-0.4, -0.2) is 78.3 Å². The van der Waals surface area contributed by atoms with E-state index >= 15 is 0 Å². The highest BCUT2D eigenvalue weighted by Crippen LogP contribution is 2.40. The van der Waals surface area contributed by atoms with E-state index in [0.29, 0.717) is 11.6 Å². The minimum absolute atomic E-state index is 0.0230. The van der Waals surface area contributed by atoms with Gasteiger partial charge in [0.1, 0.15) is 10.8 Å². The molecule has 3 aromatic rings. The predicted molar refractivity (Wildman–Crippen MR) is 164 cm³/mol. The number of ether oxygens (including phenoxy) is 2. The lowest BCUT2D eigenvalue weighted by molar-refractivity contribution is 0.0231. The maximum absolute atomic E-state index is 13.0. The molecule has 1 saturated heterocycles. The molecule has 5 rings (SSSR count). The van der Waals surface area contributed by atoms with E-state index in [2.05, 4.69) is 56.7 Å². The third-order valence-electron chi connectivity index (χ3n) is 7.54. The molecule has 11 nitrogen and oxygen atoms in total. The van der Waals surface area contributed by atoms with Crippen LogP contribution >= 0.6 is 11.6 Å². The third-order valence-corrected chi connectivity index (χ3v) is 9.81. The SMILES string of the molecule is COC1CN(C)CCC1c1cc(OC2CC2)c(Nc2ncc(Cl)c(Nc3cn(C)nc3S(=O)(=O)CC(C)C)n2)cc1C. The number of nitrogens with one attached hydrogen (secondary N) is 2. The second-order valence-electron chi connectivity index (χ2n) is 11.8. The summed E-state index contributed by atoms with van der Waals surface area (Å²) in [5, 5.41) is 10.8. The Labute approximate surface area is 252 Å². The van der Waals surface area contributed by atoms with E-state index in [9.17, 15) is 8.42 Å². The van der Waals surface area contributed by atoms with Gasteiger partial charge in [-0.25, -0.2) is 13.4 Å². The summed E-state index contributed by atoms with van der Waals surface area (Å²) in [7, 11) is 1.95. The van der Waals surface area contributed by atoms with E-state index in [1.165, 1.54) is 16.4 Å². The molecule has 0 spiro atoms. The normalized spacial score (nSPS) is 19.7. The van der Waals surface area contributed by atoms with Crippen molar-refractivity contribution in [2.24, 2.45) is 13.0 Å². The van der Waals surface area contributed by atoms with Crippen molar-refractivity contribution in [2.75, 3.05) is 43.6 Å². The van der Waals surface area contributed by atoms with Gasteiger partial charge in [0.2, 0.25) is 11.0 Å². The fraction of sp³-hybridized carbons (Fsp3) is 0.552. The number of benzene rings is 1. The van der Waals surface area contributed by atoms with Crippen molar-refractivity contribution in [2.45, 2.75) is 63.2 Å². The molecule has 2 N–H and O–H groups in total. The maximum atomic E-state index is 13.0. The number of anilines is 4. The third kappa shape index (κ3) is 6.99. The Morgan fingerprint density at radius 2 is 1.90 bits per heavy atom. The van der Waals surface area contributed by atoms with Crippen LogP contribution in [-0.2, 0) is 21.6 Å². The van der Waals surface area contributed by atoms with Crippen LogP contribution in [0.3, 0.4) is 0 Å². The first kappa shape index (κ1) is 30.5. The number of halogens is 1. The summed E-state index contributed by atoms with van der Waals surface area (Å²) in [4.78, 5) is 11.3. The molecule has 0 radical (unpaired) electrons. The molecule has 2 aromatic heterocycles. The number of methoxy groups -OCH3 is 1.